The molecule has 13 heteroatoms. The summed E-state index contributed by atoms with van der Waals surface area (Å²) < 4.78 is 16.5. The maximum Gasteiger partial charge on any atom is 1.00 e. The molecule has 0 radical (unpaired) electrons. The Morgan fingerprint density at radius 2 is 1.16 bits per heavy atom. The van der Waals surface area contributed by atoms with Crippen LogP contribution in [0.4, 0.5) is 5.69 Å². The number of ether oxygens (including phenoxy) is 1. The van der Waals surface area contributed by atoms with Gasteiger partial charge >= 0.3 is 60.4 Å². The van der Waals surface area contributed by atoms with Crippen molar-refractivity contribution in [1.82, 2.24) is 0 Å². The Morgan fingerprint density at radius 3 is 1.53 bits per heavy atom. The molecule has 1 amide bonds. The molecule has 0 saturated heterocycles. The van der Waals surface area contributed by atoms with Crippen LogP contribution in [0.3, 0.4) is 0 Å². The molecule has 0 unspecified atom stereocenters. The number of benzene rings is 2. The van der Waals surface area contributed by atoms with Gasteiger partial charge in [0.2, 0.25) is 0 Å². The van der Waals surface area contributed by atoms with Gasteiger partial charge in [-0.2, -0.15) is 0 Å². The number of likely N-dealkylation sites (N-methyl/N-ethyl adjacent to an activating group) is 1. The normalized spacial score (nSPS) is 10.6. The molecule has 0 aliphatic heterocycles. The van der Waals surface area contributed by atoms with Crippen LogP contribution in [-0.4, -0.2) is 53.3 Å². The van der Waals surface area contributed by atoms with E-state index in [1.165, 1.54) is 35.8 Å². The number of carboxylic acid groups (broad SMARTS) is 1. The number of furan rings is 2. The summed E-state index contributed by atoms with van der Waals surface area (Å²) in [6.07, 6.45) is 6.66. The van der Waals surface area contributed by atoms with Crippen LogP contribution in [0.5, 0.6) is 0 Å². The van der Waals surface area contributed by atoms with Crippen molar-refractivity contribution in [3.8, 4) is 0 Å². The van der Waals surface area contributed by atoms with Gasteiger partial charge in [-0.15, -0.1) is 0 Å². The Balaban J connectivity index is -0.000000938. The Bertz CT molecular complexity index is 1860. The molecular formula is C44H56ILiNNaO9. The summed E-state index contributed by atoms with van der Waals surface area (Å²) in [7, 11) is 2.98. The first-order valence-corrected chi connectivity index (χ1v) is 20.0. The summed E-state index contributed by atoms with van der Waals surface area (Å²) in [4.78, 5) is 50.3. The van der Waals surface area contributed by atoms with Gasteiger partial charge in [-0.25, -0.2) is 9.59 Å². The summed E-state index contributed by atoms with van der Waals surface area (Å²) in [5.41, 5.74) is 4.46. The van der Waals surface area contributed by atoms with Crippen molar-refractivity contribution in [1.29, 1.82) is 0 Å². The smallest absolute Gasteiger partial charge is 1.00 e. The molecule has 2 N–H and O–H groups in total. The van der Waals surface area contributed by atoms with Crippen LogP contribution in [0.25, 0.3) is 12.2 Å². The number of hydrogen-bond donors (Lipinski definition) is 1. The molecule has 0 spiro atoms. The molecule has 2 heterocycles. The van der Waals surface area contributed by atoms with Gasteiger partial charge in [-0.3, -0.25) is 9.59 Å². The number of rotatable bonds is 13. The van der Waals surface area contributed by atoms with Crippen molar-refractivity contribution in [2.45, 2.75) is 85.5 Å². The van der Waals surface area contributed by atoms with Gasteiger partial charge in [0.15, 0.2) is 5.78 Å². The van der Waals surface area contributed by atoms with Crippen molar-refractivity contribution in [3.05, 3.63) is 124 Å². The Kier molecular flexibility index (Phi) is 27.0. The number of carboxylic acids is 1. The van der Waals surface area contributed by atoms with Crippen molar-refractivity contribution in [3.63, 3.8) is 0 Å². The van der Waals surface area contributed by atoms with Gasteiger partial charge in [-0.05, 0) is 100 Å². The molecule has 2 aromatic heterocycles. The largest absolute Gasteiger partial charge is 1.00 e. The molecule has 0 aliphatic rings. The zero-order valence-electron chi connectivity index (χ0n) is 36.7. The molecule has 57 heavy (non-hydrogen) atoms. The number of nitrogens with zero attached hydrogens (tertiary/aromatic N) is 1. The zero-order valence-corrected chi connectivity index (χ0v) is 39.8. The van der Waals surface area contributed by atoms with Crippen LogP contribution in [0.2, 0.25) is 0 Å². The zero-order chi connectivity index (χ0) is 40.7. The van der Waals surface area contributed by atoms with Gasteiger partial charge < -0.3 is 30.5 Å². The van der Waals surface area contributed by atoms with Crippen molar-refractivity contribution in [2.75, 3.05) is 24.0 Å². The Labute approximate surface area is 387 Å². The average Bonchev–Trinajstić information content (AvgIpc) is 3.80. The second kappa shape index (κ2) is 27.5. The van der Waals surface area contributed by atoms with Gasteiger partial charge in [0, 0.05) is 37.1 Å². The first-order valence-electron chi connectivity index (χ1n) is 17.8. The van der Waals surface area contributed by atoms with Crippen molar-refractivity contribution < 1.29 is 93.2 Å². The van der Waals surface area contributed by atoms with E-state index in [9.17, 15) is 19.2 Å². The van der Waals surface area contributed by atoms with E-state index >= 15 is 0 Å². The number of amides is 1. The van der Waals surface area contributed by atoms with E-state index in [2.05, 4.69) is 82.7 Å². The van der Waals surface area contributed by atoms with Crippen LogP contribution >= 0.6 is 22.6 Å². The number of aromatic carboxylic acids is 1. The van der Waals surface area contributed by atoms with E-state index in [0.717, 1.165) is 22.6 Å². The molecular weight excluding hydrogens is 843 g/mol. The summed E-state index contributed by atoms with van der Waals surface area (Å²) in [6, 6.07) is 17.0. The van der Waals surface area contributed by atoms with Crippen LogP contribution < -0.4 is 53.3 Å². The third-order valence-electron chi connectivity index (χ3n) is 8.32. The number of ketones is 1. The van der Waals surface area contributed by atoms with Gasteiger partial charge in [0.25, 0.3) is 5.91 Å². The van der Waals surface area contributed by atoms with Crippen LogP contribution in [0, 0.1) is 0 Å². The monoisotopic (exact) mass is 899 g/mol. The molecule has 2 aromatic carbocycles. The first kappa shape index (κ1) is 55.9. The topological polar surface area (TPSA) is 157 Å². The van der Waals surface area contributed by atoms with E-state index in [0.29, 0.717) is 40.5 Å². The number of allylic oxidation sites excluding steroid dienone is 1. The standard InChI is InChI=1S/C22H26O4.C21H25NO4.CH3I.Li.Na.H2O.H/c1-14(2)20-13-19(26-21(20)15(3)4)11-10-18(23)12-16-6-8-17(9-7-16)22(24)25-5;1-13(2)18-12-17(26-20(18)14(3)4)10-11-19(23)22(5)16-8-6-15(7-9-16)21(24)25;1-2;;;;/h6-11,13-15H,12H2,1-5H3;6-14H,1-5H3,(H,24,25);1H3;;;1H2;/q;;;2*+1;;-1/p-1/b2*11-10+;;;;;. The Morgan fingerprint density at radius 1 is 0.737 bits per heavy atom. The fourth-order valence-electron chi connectivity index (χ4n) is 5.38. The second-order valence-corrected chi connectivity index (χ2v) is 13.8. The Hall–Kier alpha value is -3.15. The minimum Gasteiger partial charge on any atom is -1.00 e. The predicted molar refractivity (Wildman–Crippen MR) is 228 cm³/mol. The maximum atomic E-state index is 12.4. The van der Waals surface area contributed by atoms with Crippen LogP contribution in [0.15, 0.2) is 81.7 Å². The first-order chi connectivity index (χ1) is 25.5. The number of carbonyl (C=O) groups is 4. The fraction of sp³-hybridized carbons (Fsp3) is 0.364. The SMILES string of the molecule is CC(C)c1cc(/C=C/C(=O)N(C)c2ccc(C(=O)O)cc2)oc1C(C)C.CI.COC(=O)c1ccc(CC(=O)/C=C/c2cc(C(C)C)c(C(C)C)o2)cc1.[H-].[Li+].[Na+].[OH-]. The number of esters is 1. The second-order valence-electron chi connectivity index (χ2n) is 13.8. The van der Waals surface area contributed by atoms with Gasteiger partial charge in [-0.1, -0.05) is 90.1 Å². The quantitative estimate of drug-likeness (QED) is 0.0639. The van der Waals surface area contributed by atoms with Crippen molar-refractivity contribution >= 4 is 64.1 Å². The average molecular weight is 900 g/mol. The summed E-state index contributed by atoms with van der Waals surface area (Å²) >= 11 is 2.15. The number of halogens is 1. The molecule has 300 valence electrons. The number of alkyl halides is 1. The maximum absolute atomic E-state index is 12.4. The van der Waals surface area contributed by atoms with Gasteiger partial charge in [0.1, 0.15) is 23.0 Å². The number of methoxy groups -OCH3 is 1. The molecule has 4 aromatic rings. The summed E-state index contributed by atoms with van der Waals surface area (Å²) in [5.74, 6) is 2.96. The molecule has 0 aliphatic carbocycles. The van der Waals surface area contributed by atoms with Crippen LogP contribution in [-0.2, 0) is 20.7 Å². The van der Waals surface area contributed by atoms with Crippen LogP contribution in [0.1, 0.15) is 141 Å². The van der Waals surface area contributed by atoms with E-state index in [1.54, 1.807) is 61.7 Å². The molecule has 4 rings (SSSR count). The minimum atomic E-state index is -0.995. The summed E-state index contributed by atoms with van der Waals surface area (Å²) in [6.45, 7) is 16.9. The molecule has 0 atom stereocenters. The number of anilines is 1. The fourth-order valence-corrected chi connectivity index (χ4v) is 5.38. The molecule has 0 bridgehead atoms. The van der Waals surface area contributed by atoms with Crippen molar-refractivity contribution in [2.24, 2.45) is 0 Å². The third-order valence-corrected chi connectivity index (χ3v) is 8.32. The molecule has 0 fully saturated rings. The predicted octanol–water partition coefficient (Wildman–Crippen LogP) is 5.03. The number of hydrogen-bond acceptors (Lipinski definition) is 8. The van der Waals surface area contributed by atoms with E-state index in [-0.39, 0.29) is 90.9 Å². The minimum absolute atomic E-state index is 0. The van der Waals surface area contributed by atoms with E-state index in [1.807, 2.05) is 17.1 Å². The van der Waals surface area contributed by atoms with E-state index in [4.69, 9.17) is 13.9 Å². The molecule has 0 saturated carbocycles. The molecule has 10 nitrogen and oxygen atoms in total. The summed E-state index contributed by atoms with van der Waals surface area (Å²) in [5, 5.41) is 8.93. The van der Waals surface area contributed by atoms with Gasteiger partial charge in [0.05, 0.1) is 18.2 Å². The van der Waals surface area contributed by atoms with E-state index < -0.39 is 5.97 Å². The third kappa shape index (κ3) is 17.3. The number of carbonyl (C=O) groups excluding carboxylic acids is 3.